The van der Waals surface area contributed by atoms with E-state index < -0.39 is 6.04 Å². The number of halogens is 1. The van der Waals surface area contributed by atoms with Gasteiger partial charge in [-0.05, 0) is 36.4 Å². The van der Waals surface area contributed by atoms with Gasteiger partial charge in [-0.15, -0.1) is 0 Å². The second-order valence-corrected chi connectivity index (χ2v) is 10.5. The van der Waals surface area contributed by atoms with Gasteiger partial charge in [0.1, 0.15) is 41.8 Å². The molecule has 0 saturated carbocycles. The number of nitrogens with one attached hydrogen (secondary N) is 1. The zero-order chi connectivity index (χ0) is 29.8. The lowest BCUT2D eigenvalue weighted by atomic mass is 10.1. The van der Waals surface area contributed by atoms with Crippen LogP contribution in [0.3, 0.4) is 0 Å². The SMILES string of the molecule is COc1ccc(C(=O)N2CCN(c3cc(Cl)nc(-n4ccnc4)n3)CC2C(=O)NCCC2COc3ccccc3O2)cc1. The number of hydrogen-bond acceptors (Lipinski definition) is 9. The van der Waals surface area contributed by atoms with E-state index in [1.54, 1.807) is 65.6 Å². The third-order valence-corrected chi connectivity index (χ3v) is 7.54. The summed E-state index contributed by atoms with van der Waals surface area (Å²) in [7, 11) is 1.57. The van der Waals surface area contributed by atoms with Gasteiger partial charge in [-0.3, -0.25) is 14.2 Å². The molecule has 222 valence electrons. The molecule has 0 aliphatic carbocycles. The molecule has 1 saturated heterocycles. The number of rotatable bonds is 8. The van der Waals surface area contributed by atoms with Crippen LogP contribution in [0, 0.1) is 0 Å². The third kappa shape index (κ3) is 6.33. The number of anilines is 1. The van der Waals surface area contributed by atoms with Gasteiger partial charge < -0.3 is 29.3 Å². The lowest BCUT2D eigenvalue weighted by Gasteiger charge is -2.41. The Balaban J connectivity index is 1.18. The highest BCUT2D eigenvalue weighted by Gasteiger charge is 2.36. The molecule has 1 N–H and O–H groups in total. The fourth-order valence-corrected chi connectivity index (χ4v) is 5.26. The summed E-state index contributed by atoms with van der Waals surface area (Å²) in [6.07, 6.45) is 5.25. The minimum atomic E-state index is -0.793. The topological polar surface area (TPSA) is 124 Å². The standard InChI is InChI=1S/C30H30ClN7O5/c1-41-21-8-6-20(7-9-21)29(40)38-15-14-36(27-16-26(31)34-30(35-27)37-13-12-32-19-37)17-23(38)28(39)33-11-10-22-18-42-24-4-2-3-5-25(24)43-22/h2-9,12-13,16,19,22-23H,10-11,14-15,17-18H2,1H3,(H,33,39). The maximum atomic E-state index is 13.7. The van der Waals surface area contributed by atoms with E-state index in [1.807, 2.05) is 29.2 Å². The molecule has 1 fully saturated rings. The zero-order valence-electron chi connectivity index (χ0n) is 23.4. The molecular formula is C30H30ClN7O5. The lowest BCUT2D eigenvalue weighted by molar-refractivity contribution is -0.125. The molecule has 2 aromatic heterocycles. The van der Waals surface area contributed by atoms with Gasteiger partial charge in [0, 0.05) is 56.6 Å². The summed E-state index contributed by atoms with van der Waals surface area (Å²) >= 11 is 6.36. The molecule has 2 amide bonds. The van der Waals surface area contributed by atoms with E-state index >= 15 is 0 Å². The van der Waals surface area contributed by atoms with E-state index in [2.05, 4.69) is 20.3 Å². The van der Waals surface area contributed by atoms with Gasteiger partial charge in [-0.2, -0.15) is 4.98 Å². The van der Waals surface area contributed by atoms with Gasteiger partial charge in [0.25, 0.3) is 5.91 Å². The van der Waals surface area contributed by atoms with Crippen LogP contribution in [-0.2, 0) is 4.79 Å². The minimum absolute atomic E-state index is 0.208. The van der Waals surface area contributed by atoms with E-state index in [-0.39, 0.29) is 29.6 Å². The smallest absolute Gasteiger partial charge is 0.254 e. The number of carbonyl (C=O) groups excluding carboxylic acids is 2. The fourth-order valence-electron chi connectivity index (χ4n) is 5.09. The first kappa shape index (κ1) is 28.3. The van der Waals surface area contributed by atoms with Gasteiger partial charge >= 0.3 is 0 Å². The van der Waals surface area contributed by atoms with E-state index in [0.717, 1.165) is 0 Å². The van der Waals surface area contributed by atoms with Crippen molar-refractivity contribution in [1.29, 1.82) is 0 Å². The Kier molecular flexibility index (Phi) is 8.27. The normalized spacial score (nSPS) is 17.8. The summed E-state index contributed by atoms with van der Waals surface area (Å²) in [5, 5.41) is 3.26. The van der Waals surface area contributed by atoms with Crippen molar-refractivity contribution in [2.24, 2.45) is 0 Å². The molecule has 13 heteroatoms. The molecular weight excluding hydrogens is 574 g/mol. The number of carbonyl (C=O) groups is 2. The molecule has 0 radical (unpaired) electrons. The Bertz CT molecular complexity index is 1580. The van der Waals surface area contributed by atoms with Gasteiger partial charge in [0.2, 0.25) is 11.9 Å². The first-order valence-electron chi connectivity index (χ1n) is 13.9. The summed E-state index contributed by atoms with van der Waals surface area (Å²) < 4.78 is 18.7. The number of nitrogens with zero attached hydrogens (tertiary/aromatic N) is 6. The quantitative estimate of drug-likeness (QED) is 0.303. The monoisotopic (exact) mass is 603 g/mol. The van der Waals surface area contributed by atoms with Crippen LogP contribution in [0.1, 0.15) is 16.8 Å². The zero-order valence-corrected chi connectivity index (χ0v) is 24.2. The van der Waals surface area contributed by atoms with Crippen molar-refractivity contribution in [3.05, 3.63) is 84.0 Å². The Morgan fingerprint density at radius 1 is 1.09 bits per heavy atom. The summed E-state index contributed by atoms with van der Waals surface area (Å²) in [4.78, 5) is 43.9. The number of aromatic nitrogens is 4. The van der Waals surface area contributed by atoms with E-state index in [0.29, 0.717) is 67.2 Å². The maximum Gasteiger partial charge on any atom is 0.254 e. The molecule has 4 heterocycles. The predicted molar refractivity (Wildman–Crippen MR) is 158 cm³/mol. The molecule has 2 aromatic carbocycles. The molecule has 2 unspecified atom stereocenters. The number of imidazole rings is 1. The Hall–Kier alpha value is -4.84. The van der Waals surface area contributed by atoms with Crippen LogP contribution in [0.4, 0.5) is 5.82 Å². The Morgan fingerprint density at radius 3 is 2.67 bits per heavy atom. The number of piperazine rings is 1. The van der Waals surface area contributed by atoms with Crippen molar-refractivity contribution in [1.82, 2.24) is 29.7 Å². The first-order chi connectivity index (χ1) is 21.0. The molecule has 2 aliphatic rings. The average molecular weight is 604 g/mol. The summed E-state index contributed by atoms with van der Waals surface area (Å²) in [5.74, 6) is 2.41. The van der Waals surface area contributed by atoms with Crippen molar-refractivity contribution < 1.29 is 23.8 Å². The van der Waals surface area contributed by atoms with E-state index in [1.165, 1.54) is 0 Å². The number of hydrogen-bond donors (Lipinski definition) is 1. The number of ether oxygens (including phenoxy) is 3. The lowest BCUT2D eigenvalue weighted by Crippen LogP contribution is -2.61. The summed E-state index contributed by atoms with van der Waals surface area (Å²) in [5.41, 5.74) is 0.464. The fraction of sp³-hybridized carbons (Fsp3) is 0.300. The van der Waals surface area contributed by atoms with Crippen LogP contribution in [-0.4, -0.2) is 88.3 Å². The number of methoxy groups -OCH3 is 1. The van der Waals surface area contributed by atoms with Gasteiger partial charge in [0.05, 0.1) is 7.11 Å². The summed E-state index contributed by atoms with van der Waals surface area (Å²) in [6.45, 7) is 1.68. The predicted octanol–water partition coefficient (Wildman–Crippen LogP) is 3.00. The number of para-hydroxylation sites is 2. The van der Waals surface area contributed by atoms with Crippen molar-refractivity contribution in [3.63, 3.8) is 0 Å². The third-order valence-electron chi connectivity index (χ3n) is 7.34. The molecule has 4 aromatic rings. The maximum absolute atomic E-state index is 13.7. The number of benzene rings is 2. The molecule has 2 atom stereocenters. The van der Waals surface area contributed by atoms with Crippen LogP contribution in [0.15, 0.2) is 73.3 Å². The molecule has 43 heavy (non-hydrogen) atoms. The first-order valence-corrected chi connectivity index (χ1v) is 14.3. The summed E-state index contributed by atoms with van der Waals surface area (Å²) in [6, 6.07) is 15.2. The van der Waals surface area contributed by atoms with Crippen LogP contribution in [0.25, 0.3) is 5.95 Å². The number of fused-ring (bicyclic) bond motifs is 1. The molecule has 6 rings (SSSR count). The van der Waals surface area contributed by atoms with Crippen LogP contribution in [0.2, 0.25) is 5.15 Å². The second kappa shape index (κ2) is 12.6. The van der Waals surface area contributed by atoms with Crippen LogP contribution in [0.5, 0.6) is 17.2 Å². The average Bonchev–Trinajstić information content (AvgIpc) is 3.59. The highest BCUT2D eigenvalue weighted by atomic mass is 35.5. The van der Waals surface area contributed by atoms with Gasteiger partial charge in [-0.1, -0.05) is 23.7 Å². The highest BCUT2D eigenvalue weighted by Crippen LogP contribution is 2.31. The van der Waals surface area contributed by atoms with Crippen molar-refractivity contribution in [3.8, 4) is 23.2 Å². The largest absolute Gasteiger partial charge is 0.497 e. The van der Waals surface area contributed by atoms with Crippen molar-refractivity contribution >= 4 is 29.2 Å². The van der Waals surface area contributed by atoms with Gasteiger partial charge in [-0.25, -0.2) is 9.97 Å². The van der Waals surface area contributed by atoms with Crippen molar-refractivity contribution in [2.75, 3.05) is 44.8 Å². The highest BCUT2D eigenvalue weighted by molar-refractivity contribution is 6.29. The molecule has 0 bridgehead atoms. The second-order valence-electron chi connectivity index (χ2n) is 10.1. The molecule has 0 spiro atoms. The van der Waals surface area contributed by atoms with Crippen molar-refractivity contribution in [2.45, 2.75) is 18.6 Å². The minimum Gasteiger partial charge on any atom is -0.497 e. The van der Waals surface area contributed by atoms with Crippen LogP contribution >= 0.6 is 11.6 Å². The van der Waals surface area contributed by atoms with E-state index in [4.69, 9.17) is 25.8 Å². The van der Waals surface area contributed by atoms with Crippen LogP contribution < -0.4 is 24.4 Å². The number of amides is 2. The Morgan fingerprint density at radius 2 is 1.91 bits per heavy atom. The molecule has 2 aliphatic heterocycles. The van der Waals surface area contributed by atoms with Gasteiger partial charge in [0.15, 0.2) is 11.5 Å². The van der Waals surface area contributed by atoms with E-state index in [9.17, 15) is 9.59 Å². The molecule has 12 nitrogen and oxygen atoms in total. The Labute approximate surface area is 253 Å².